The molecule has 22 heavy (non-hydrogen) atoms. The molecule has 1 amide bonds. The number of rotatable bonds is 5. The molecule has 0 unspecified atom stereocenters. The van der Waals surface area contributed by atoms with Gasteiger partial charge in [-0.25, -0.2) is 0 Å². The van der Waals surface area contributed by atoms with E-state index in [0.29, 0.717) is 13.1 Å². The number of thiophene rings is 2. The van der Waals surface area contributed by atoms with Crippen molar-refractivity contribution in [1.29, 1.82) is 0 Å². The highest BCUT2D eigenvalue weighted by Crippen LogP contribution is 2.19. The lowest BCUT2D eigenvalue weighted by Gasteiger charge is -2.22. The highest BCUT2D eigenvalue weighted by atomic mass is 32.1. The summed E-state index contributed by atoms with van der Waals surface area (Å²) in [6.07, 6.45) is 0. The molecule has 0 fully saturated rings. The van der Waals surface area contributed by atoms with Crippen LogP contribution < -0.4 is 0 Å². The van der Waals surface area contributed by atoms with E-state index in [1.54, 1.807) is 22.7 Å². The number of amides is 1. The largest absolute Gasteiger partial charge is 0.328 e. The van der Waals surface area contributed by atoms with Crippen molar-refractivity contribution in [2.45, 2.75) is 20.0 Å². The molecule has 0 aliphatic carbocycles. The second-order valence-corrected chi connectivity index (χ2v) is 7.25. The maximum absolute atomic E-state index is 12.9. The molecule has 0 aliphatic heterocycles. The molecule has 2 nitrogen and oxygen atoms in total. The van der Waals surface area contributed by atoms with Gasteiger partial charge in [0.15, 0.2) is 0 Å². The molecule has 4 heteroatoms. The minimum absolute atomic E-state index is 0.0884. The first kappa shape index (κ1) is 15.0. The van der Waals surface area contributed by atoms with Crippen LogP contribution in [0.2, 0.25) is 0 Å². The maximum Gasteiger partial charge on any atom is 0.254 e. The van der Waals surface area contributed by atoms with E-state index in [1.165, 1.54) is 9.75 Å². The van der Waals surface area contributed by atoms with E-state index < -0.39 is 0 Å². The van der Waals surface area contributed by atoms with Gasteiger partial charge in [0.05, 0.1) is 13.1 Å². The normalized spacial score (nSPS) is 10.6. The van der Waals surface area contributed by atoms with E-state index in [1.807, 2.05) is 48.2 Å². The highest BCUT2D eigenvalue weighted by Gasteiger charge is 2.17. The van der Waals surface area contributed by atoms with Crippen LogP contribution >= 0.6 is 22.7 Å². The lowest BCUT2D eigenvalue weighted by Crippen LogP contribution is -2.29. The van der Waals surface area contributed by atoms with Gasteiger partial charge in [-0.2, -0.15) is 0 Å². The van der Waals surface area contributed by atoms with Gasteiger partial charge in [0.1, 0.15) is 0 Å². The molecule has 112 valence electrons. The Morgan fingerprint density at radius 1 is 0.955 bits per heavy atom. The smallest absolute Gasteiger partial charge is 0.254 e. The van der Waals surface area contributed by atoms with Crippen molar-refractivity contribution in [3.8, 4) is 0 Å². The van der Waals surface area contributed by atoms with E-state index in [2.05, 4.69) is 22.9 Å². The topological polar surface area (TPSA) is 20.3 Å². The van der Waals surface area contributed by atoms with E-state index in [9.17, 15) is 4.79 Å². The Balaban J connectivity index is 1.85. The average Bonchev–Trinajstić information content (AvgIpc) is 3.19. The molecule has 0 aliphatic rings. The third-order valence-corrected chi connectivity index (χ3v) is 5.13. The number of benzene rings is 1. The van der Waals surface area contributed by atoms with Crippen LogP contribution in [0.15, 0.2) is 59.3 Å². The van der Waals surface area contributed by atoms with E-state index in [-0.39, 0.29) is 5.91 Å². The zero-order chi connectivity index (χ0) is 15.4. The second-order valence-electron chi connectivity index (χ2n) is 5.19. The van der Waals surface area contributed by atoms with Crippen molar-refractivity contribution in [2.24, 2.45) is 0 Å². The summed E-state index contributed by atoms with van der Waals surface area (Å²) in [6.45, 7) is 3.32. The maximum atomic E-state index is 12.9. The van der Waals surface area contributed by atoms with E-state index in [0.717, 1.165) is 11.1 Å². The molecule has 0 bridgehead atoms. The summed E-state index contributed by atoms with van der Waals surface area (Å²) in [4.78, 5) is 17.2. The number of hydrogen-bond acceptors (Lipinski definition) is 3. The molecule has 0 saturated heterocycles. The quantitative estimate of drug-likeness (QED) is 0.648. The van der Waals surface area contributed by atoms with Crippen LogP contribution in [0.3, 0.4) is 0 Å². The van der Waals surface area contributed by atoms with Crippen LogP contribution in [0, 0.1) is 6.92 Å². The van der Waals surface area contributed by atoms with E-state index >= 15 is 0 Å². The number of carbonyl (C=O) groups is 1. The zero-order valence-electron chi connectivity index (χ0n) is 12.4. The van der Waals surface area contributed by atoms with E-state index in [4.69, 9.17) is 0 Å². The average molecular weight is 327 g/mol. The molecular weight excluding hydrogens is 310 g/mol. The number of hydrogen-bond donors (Lipinski definition) is 0. The van der Waals surface area contributed by atoms with Gasteiger partial charge in [-0.05, 0) is 41.9 Å². The molecule has 0 radical (unpaired) electrons. The lowest BCUT2D eigenvalue weighted by atomic mass is 10.1. The molecule has 2 aromatic heterocycles. The van der Waals surface area contributed by atoms with Crippen LogP contribution in [0.5, 0.6) is 0 Å². The van der Waals surface area contributed by atoms with Crippen molar-refractivity contribution >= 4 is 28.6 Å². The molecule has 0 saturated carbocycles. The predicted molar refractivity (Wildman–Crippen MR) is 93.4 cm³/mol. The summed E-state index contributed by atoms with van der Waals surface area (Å²) in [6, 6.07) is 16.0. The number of nitrogens with zero attached hydrogens (tertiary/aromatic N) is 1. The van der Waals surface area contributed by atoms with Gasteiger partial charge in [0, 0.05) is 15.3 Å². The van der Waals surface area contributed by atoms with Crippen LogP contribution in [-0.2, 0) is 13.1 Å². The first-order valence-corrected chi connectivity index (χ1v) is 8.89. The summed E-state index contributed by atoms with van der Waals surface area (Å²) < 4.78 is 0. The Morgan fingerprint density at radius 3 is 2.09 bits per heavy atom. The fourth-order valence-corrected chi connectivity index (χ4v) is 3.78. The molecule has 0 spiro atoms. The van der Waals surface area contributed by atoms with Crippen molar-refractivity contribution in [3.05, 3.63) is 80.2 Å². The Labute approximate surface area is 138 Å². The minimum atomic E-state index is 0.0884. The van der Waals surface area contributed by atoms with Gasteiger partial charge in [-0.1, -0.05) is 29.8 Å². The first-order valence-electron chi connectivity index (χ1n) is 7.13. The van der Waals surface area contributed by atoms with Crippen molar-refractivity contribution in [3.63, 3.8) is 0 Å². The molecule has 1 aromatic carbocycles. The van der Waals surface area contributed by atoms with Crippen LogP contribution in [0.4, 0.5) is 0 Å². The Bertz CT molecular complexity index is 696. The Morgan fingerprint density at radius 2 is 1.59 bits per heavy atom. The standard InChI is InChI=1S/C18H17NOS2/c1-14-5-2-6-15(11-14)18(20)19(12-16-7-3-9-21-16)13-17-8-4-10-22-17/h2-11H,12-13H2,1H3. The van der Waals surface area contributed by atoms with Gasteiger partial charge in [-0.3, -0.25) is 4.79 Å². The van der Waals surface area contributed by atoms with Gasteiger partial charge in [-0.15, -0.1) is 22.7 Å². The monoisotopic (exact) mass is 327 g/mol. The zero-order valence-corrected chi connectivity index (χ0v) is 14.0. The Kier molecular flexibility index (Phi) is 4.71. The number of aryl methyl sites for hydroxylation is 1. The first-order chi connectivity index (χ1) is 10.7. The summed E-state index contributed by atoms with van der Waals surface area (Å²) in [5.74, 6) is 0.0884. The third-order valence-electron chi connectivity index (χ3n) is 3.41. The lowest BCUT2D eigenvalue weighted by molar-refractivity contribution is 0.0733. The molecule has 0 atom stereocenters. The minimum Gasteiger partial charge on any atom is -0.328 e. The molecule has 2 heterocycles. The van der Waals surface area contributed by atoms with Gasteiger partial charge in [0.2, 0.25) is 0 Å². The van der Waals surface area contributed by atoms with Crippen LogP contribution in [0.25, 0.3) is 0 Å². The van der Waals surface area contributed by atoms with Gasteiger partial charge in [0.25, 0.3) is 5.91 Å². The molecule has 3 aromatic rings. The Hall–Kier alpha value is -1.91. The fraction of sp³-hybridized carbons (Fsp3) is 0.167. The van der Waals surface area contributed by atoms with Gasteiger partial charge >= 0.3 is 0 Å². The SMILES string of the molecule is Cc1cccc(C(=O)N(Cc2cccs2)Cc2cccs2)c1. The van der Waals surface area contributed by atoms with Crippen molar-refractivity contribution < 1.29 is 4.79 Å². The van der Waals surface area contributed by atoms with Crippen molar-refractivity contribution in [2.75, 3.05) is 0 Å². The summed E-state index contributed by atoms with van der Waals surface area (Å²) in [5, 5.41) is 4.10. The highest BCUT2D eigenvalue weighted by molar-refractivity contribution is 7.10. The molecule has 0 N–H and O–H groups in total. The summed E-state index contributed by atoms with van der Waals surface area (Å²) in [7, 11) is 0. The molecular formula is C18H17NOS2. The summed E-state index contributed by atoms with van der Waals surface area (Å²) in [5.41, 5.74) is 1.87. The second kappa shape index (κ2) is 6.90. The summed E-state index contributed by atoms with van der Waals surface area (Å²) >= 11 is 3.38. The number of carbonyl (C=O) groups excluding carboxylic acids is 1. The predicted octanol–water partition coefficient (Wildman–Crippen LogP) is 4.96. The fourth-order valence-electron chi connectivity index (χ4n) is 2.34. The van der Waals surface area contributed by atoms with Crippen LogP contribution in [0.1, 0.15) is 25.7 Å². The van der Waals surface area contributed by atoms with Crippen LogP contribution in [-0.4, -0.2) is 10.8 Å². The molecule has 3 rings (SSSR count). The van der Waals surface area contributed by atoms with Crippen molar-refractivity contribution in [1.82, 2.24) is 4.90 Å². The third kappa shape index (κ3) is 3.64. The van der Waals surface area contributed by atoms with Gasteiger partial charge < -0.3 is 4.90 Å².